The Morgan fingerprint density at radius 1 is 1.44 bits per heavy atom. The van der Waals surface area contributed by atoms with Crippen molar-refractivity contribution in [3.63, 3.8) is 0 Å². The number of aromatic nitrogens is 2. The van der Waals surface area contributed by atoms with Crippen molar-refractivity contribution in [2.45, 2.75) is 6.54 Å². The summed E-state index contributed by atoms with van der Waals surface area (Å²) in [5.41, 5.74) is 0.610. The normalized spacial score (nSPS) is 10.2. The van der Waals surface area contributed by atoms with Crippen molar-refractivity contribution in [1.29, 1.82) is 0 Å². The second kappa shape index (κ2) is 5.64. The summed E-state index contributed by atoms with van der Waals surface area (Å²) in [7, 11) is 1.49. The van der Waals surface area contributed by atoms with Crippen LogP contribution in [0.2, 0.25) is 5.15 Å². The highest BCUT2D eigenvalue weighted by atomic mass is 35.5. The number of ether oxygens (including phenoxy) is 1. The summed E-state index contributed by atoms with van der Waals surface area (Å²) in [6.07, 6.45) is 1.11. The molecule has 2 aromatic heterocycles. The van der Waals surface area contributed by atoms with Gasteiger partial charge in [-0.1, -0.05) is 17.7 Å². The molecule has 0 aliphatic heterocycles. The summed E-state index contributed by atoms with van der Waals surface area (Å²) in [4.78, 5) is 7.91. The fourth-order valence-corrected chi connectivity index (χ4v) is 1.64. The Morgan fingerprint density at radius 2 is 2.28 bits per heavy atom. The van der Waals surface area contributed by atoms with Gasteiger partial charge in [0, 0.05) is 12.1 Å². The van der Waals surface area contributed by atoms with Crippen LogP contribution >= 0.6 is 11.6 Å². The van der Waals surface area contributed by atoms with E-state index in [-0.39, 0.29) is 0 Å². The predicted molar refractivity (Wildman–Crippen MR) is 67.3 cm³/mol. The molecule has 0 aromatic carbocycles. The minimum atomic E-state index is -0.411. The van der Waals surface area contributed by atoms with Gasteiger partial charge in [-0.25, -0.2) is 14.4 Å². The Bertz CT molecular complexity index is 551. The number of nitrogens with one attached hydrogen (secondary N) is 1. The zero-order valence-corrected chi connectivity index (χ0v) is 10.4. The summed E-state index contributed by atoms with van der Waals surface area (Å²) in [6.45, 7) is 0.348. The molecule has 0 radical (unpaired) electrons. The maximum Gasteiger partial charge on any atom is 0.218 e. The summed E-state index contributed by atoms with van der Waals surface area (Å²) in [6, 6.07) is 6.59. The van der Waals surface area contributed by atoms with Crippen molar-refractivity contribution in [1.82, 2.24) is 9.97 Å². The average molecular weight is 268 g/mol. The van der Waals surface area contributed by atoms with Gasteiger partial charge in [0.1, 0.15) is 16.8 Å². The Balaban J connectivity index is 2.12. The highest BCUT2D eigenvalue weighted by molar-refractivity contribution is 6.29. The van der Waals surface area contributed by atoms with Crippen LogP contribution in [0.5, 0.6) is 5.88 Å². The Morgan fingerprint density at radius 3 is 3.00 bits per heavy atom. The van der Waals surface area contributed by atoms with Crippen LogP contribution in [0.25, 0.3) is 0 Å². The van der Waals surface area contributed by atoms with Gasteiger partial charge in [0.05, 0.1) is 13.3 Å². The molecular weight excluding hydrogens is 257 g/mol. The molecule has 0 amide bonds. The molecule has 0 aliphatic rings. The maximum atomic E-state index is 13.1. The van der Waals surface area contributed by atoms with Crippen LogP contribution < -0.4 is 10.1 Å². The van der Waals surface area contributed by atoms with E-state index in [9.17, 15) is 4.39 Å². The highest BCUT2D eigenvalue weighted by Crippen LogP contribution is 2.17. The lowest BCUT2D eigenvalue weighted by molar-refractivity contribution is 0.391. The maximum absolute atomic E-state index is 13.1. The van der Waals surface area contributed by atoms with E-state index in [1.54, 1.807) is 18.2 Å². The number of hydrogen-bond acceptors (Lipinski definition) is 4. The Labute approximate surface area is 109 Å². The van der Waals surface area contributed by atoms with Gasteiger partial charge in [-0.05, 0) is 18.2 Å². The Hall–Kier alpha value is -1.88. The predicted octanol–water partition coefficient (Wildman–Crippen LogP) is 2.89. The summed E-state index contributed by atoms with van der Waals surface area (Å²) in [5, 5.41) is 3.41. The van der Waals surface area contributed by atoms with Crippen molar-refractivity contribution in [2.24, 2.45) is 0 Å². The zero-order valence-electron chi connectivity index (χ0n) is 9.65. The van der Waals surface area contributed by atoms with E-state index in [0.717, 1.165) is 6.20 Å². The molecule has 6 heteroatoms. The average Bonchev–Trinajstić information content (AvgIpc) is 2.37. The highest BCUT2D eigenvalue weighted by Gasteiger charge is 2.06. The van der Waals surface area contributed by atoms with E-state index in [4.69, 9.17) is 16.3 Å². The molecule has 18 heavy (non-hydrogen) atoms. The number of hydrogen-bond donors (Lipinski definition) is 1. The molecular formula is C12H11ClFN3O. The van der Waals surface area contributed by atoms with E-state index >= 15 is 0 Å². The third-order valence-corrected chi connectivity index (χ3v) is 2.47. The molecule has 0 spiro atoms. The number of rotatable bonds is 4. The van der Waals surface area contributed by atoms with Crippen LogP contribution in [-0.4, -0.2) is 17.1 Å². The van der Waals surface area contributed by atoms with Crippen LogP contribution in [-0.2, 0) is 6.54 Å². The van der Waals surface area contributed by atoms with Crippen molar-refractivity contribution in [2.75, 3.05) is 12.4 Å². The lowest BCUT2D eigenvalue weighted by Crippen LogP contribution is -2.04. The first-order valence-electron chi connectivity index (χ1n) is 5.24. The van der Waals surface area contributed by atoms with Gasteiger partial charge in [0.2, 0.25) is 5.88 Å². The molecule has 2 heterocycles. The lowest BCUT2D eigenvalue weighted by atomic mass is 10.2. The second-order valence-corrected chi connectivity index (χ2v) is 3.91. The molecule has 0 saturated carbocycles. The minimum absolute atomic E-state index is 0.348. The van der Waals surface area contributed by atoms with Gasteiger partial charge >= 0.3 is 0 Å². The van der Waals surface area contributed by atoms with Gasteiger partial charge < -0.3 is 10.1 Å². The largest absolute Gasteiger partial charge is 0.481 e. The van der Waals surface area contributed by atoms with Gasteiger partial charge in [0.15, 0.2) is 0 Å². The standard InChI is InChI=1S/C12H11ClFN3O/c1-18-12-8(5-9(14)7-16-12)6-15-11-4-2-3-10(13)17-11/h2-5,7H,6H2,1H3,(H,15,17). The molecule has 0 saturated heterocycles. The molecule has 0 atom stereocenters. The molecule has 0 aliphatic carbocycles. The van der Waals surface area contributed by atoms with Gasteiger partial charge in [0.25, 0.3) is 0 Å². The first kappa shape index (κ1) is 12.6. The first-order chi connectivity index (χ1) is 8.69. The molecule has 2 aromatic rings. The first-order valence-corrected chi connectivity index (χ1v) is 5.61. The van der Waals surface area contributed by atoms with Crippen molar-refractivity contribution >= 4 is 17.4 Å². The molecule has 0 bridgehead atoms. The summed E-state index contributed by atoms with van der Waals surface area (Å²) < 4.78 is 18.1. The number of anilines is 1. The monoisotopic (exact) mass is 267 g/mol. The topological polar surface area (TPSA) is 47.0 Å². The van der Waals surface area contributed by atoms with Crippen LogP contribution in [0.4, 0.5) is 10.2 Å². The molecule has 2 rings (SSSR count). The zero-order chi connectivity index (χ0) is 13.0. The number of halogens is 2. The smallest absolute Gasteiger partial charge is 0.218 e. The fourth-order valence-electron chi connectivity index (χ4n) is 1.47. The SMILES string of the molecule is COc1ncc(F)cc1CNc1cccc(Cl)n1. The number of methoxy groups -OCH3 is 1. The van der Waals surface area contributed by atoms with Crippen molar-refractivity contribution < 1.29 is 9.13 Å². The van der Waals surface area contributed by atoms with E-state index in [1.807, 2.05) is 0 Å². The van der Waals surface area contributed by atoms with E-state index < -0.39 is 5.82 Å². The quantitative estimate of drug-likeness (QED) is 0.866. The molecule has 0 fully saturated rings. The molecule has 1 N–H and O–H groups in total. The summed E-state index contributed by atoms with van der Waals surface area (Å²) in [5.74, 6) is 0.575. The lowest BCUT2D eigenvalue weighted by Gasteiger charge is -2.09. The van der Waals surface area contributed by atoms with Gasteiger partial charge in [-0.3, -0.25) is 0 Å². The fraction of sp³-hybridized carbons (Fsp3) is 0.167. The molecule has 94 valence electrons. The molecule has 0 unspecified atom stereocenters. The van der Waals surface area contributed by atoms with Crippen LogP contribution in [0.1, 0.15) is 5.56 Å². The molecule has 4 nitrogen and oxygen atoms in total. The second-order valence-electron chi connectivity index (χ2n) is 3.52. The van der Waals surface area contributed by atoms with Crippen LogP contribution in [0.15, 0.2) is 30.5 Å². The number of pyridine rings is 2. The van der Waals surface area contributed by atoms with Gasteiger partial charge in [-0.15, -0.1) is 0 Å². The van der Waals surface area contributed by atoms with Gasteiger partial charge in [-0.2, -0.15) is 0 Å². The van der Waals surface area contributed by atoms with E-state index in [0.29, 0.717) is 29.0 Å². The minimum Gasteiger partial charge on any atom is -0.481 e. The van der Waals surface area contributed by atoms with Crippen LogP contribution in [0, 0.1) is 5.82 Å². The summed E-state index contributed by atoms with van der Waals surface area (Å²) >= 11 is 5.76. The van der Waals surface area contributed by atoms with E-state index in [1.165, 1.54) is 13.2 Å². The Kier molecular flexibility index (Phi) is 3.94. The third kappa shape index (κ3) is 3.07. The van der Waals surface area contributed by atoms with Crippen molar-refractivity contribution in [3.05, 3.63) is 47.0 Å². The third-order valence-electron chi connectivity index (χ3n) is 2.26. The van der Waals surface area contributed by atoms with Crippen LogP contribution in [0.3, 0.4) is 0 Å². The number of nitrogens with zero attached hydrogens (tertiary/aromatic N) is 2. The van der Waals surface area contributed by atoms with E-state index in [2.05, 4.69) is 15.3 Å². The van der Waals surface area contributed by atoms with Crippen molar-refractivity contribution in [3.8, 4) is 5.88 Å².